The lowest BCUT2D eigenvalue weighted by molar-refractivity contribution is 0.195. The molecule has 0 spiro atoms. The van der Waals surface area contributed by atoms with E-state index in [2.05, 4.69) is 53.9 Å². The molecule has 0 saturated carbocycles. The molecule has 1 heterocycles. The number of hydrogen-bond donors (Lipinski definition) is 1. The average molecular weight is 236 g/mol. The van der Waals surface area contributed by atoms with Crippen LogP contribution in [0.4, 0.5) is 0 Å². The molecule has 1 aromatic rings. The van der Waals surface area contributed by atoms with Gasteiger partial charge in [-0.3, -0.25) is 0 Å². The molecule has 1 aromatic carbocycles. The second-order valence-electron chi connectivity index (χ2n) is 4.65. The average Bonchev–Trinajstić information content (AvgIpc) is 2.31. The highest BCUT2D eigenvalue weighted by Crippen LogP contribution is 2.33. The van der Waals surface area contributed by atoms with Crippen LogP contribution in [0.15, 0.2) is 35.2 Å². The van der Waals surface area contributed by atoms with Crippen molar-refractivity contribution in [3.05, 3.63) is 30.3 Å². The summed E-state index contributed by atoms with van der Waals surface area (Å²) in [7, 11) is 2.21. The highest BCUT2D eigenvalue weighted by molar-refractivity contribution is 7.97. The first-order valence-corrected chi connectivity index (χ1v) is 6.66. The molecule has 0 aromatic heterocycles. The summed E-state index contributed by atoms with van der Waals surface area (Å²) in [5, 5.41) is 3.42. The lowest BCUT2D eigenvalue weighted by Gasteiger charge is -2.41. The van der Waals surface area contributed by atoms with E-state index in [0.29, 0.717) is 5.54 Å². The monoisotopic (exact) mass is 236 g/mol. The summed E-state index contributed by atoms with van der Waals surface area (Å²) < 4.78 is 2.42. The Bertz CT molecular complexity index is 320. The predicted octanol–water partition coefficient (Wildman–Crippen LogP) is 2.77. The van der Waals surface area contributed by atoms with Crippen molar-refractivity contribution in [3.8, 4) is 0 Å². The van der Waals surface area contributed by atoms with Gasteiger partial charge in [0.25, 0.3) is 0 Å². The van der Waals surface area contributed by atoms with Gasteiger partial charge >= 0.3 is 0 Å². The molecule has 3 heteroatoms. The van der Waals surface area contributed by atoms with E-state index in [9.17, 15) is 0 Å². The van der Waals surface area contributed by atoms with E-state index >= 15 is 0 Å². The Balaban J connectivity index is 1.99. The summed E-state index contributed by atoms with van der Waals surface area (Å²) in [5.74, 6) is 0. The standard InChI is InChI=1S/C13H20N2S/c1-13(8-10-14-11-9-13)15(2)16-12-6-4-3-5-7-12/h3-7,14H,8-11H2,1-2H3. The van der Waals surface area contributed by atoms with E-state index in [-0.39, 0.29) is 0 Å². The molecule has 1 fully saturated rings. The summed E-state index contributed by atoms with van der Waals surface area (Å²) in [4.78, 5) is 1.32. The van der Waals surface area contributed by atoms with Crippen molar-refractivity contribution in [3.63, 3.8) is 0 Å². The van der Waals surface area contributed by atoms with Crippen LogP contribution in [-0.4, -0.2) is 30.0 Å². The van der Waals surface area contributed by atoms with Gasteiger partial charge in [0, 0.05) is 10.4 Å². The van der Waals surface area contributed by atoms with E-state index in [4.69, 9.17) is 0 Å². The Hall–Kier alpha value is -0.510. The Morgan fingerprint density at radius 2 is 1.81 bits per heavy atom. The molecule has 0 aliphatic carbocycles. The quantitative estimate of drug-likeness (QED) is 0.812. The lowest BCUT2D eigenvalue weighted by atomic mass is 9.91. The third-order valence-corrected chi connectivity index (χ3v) is 4.62. The highest BCUT2D eigenvalue weighted by atomic mass is 32.2. The molecule has 0 bridgehead atoms. The number of rotatable bonds is 3. The zero-order valence-electron chi connectivity index (χ0n) is 10.1. The lowest BCUT2D eigenvalue weighted by Crippen LogP contribution is -2.48. The van der Waals surface area contributed by atoms with Gasteiger partial charge < -0.3 is 5.32 Å². The molecule has 1 N–H and O–H groups in total. The number of benzene rings is 1. The predicted molar refractivity (Wildman–Crippen MR) is 70.6 cm³/mol. The summed E-state index contributed by atoms with van der Waals surface area (Å²) in [6.45, 7) is 4.64. The minimum atomic E-state index is 0.325. The van der Waals surface area contributed by atoms with Gasteiger partial charge in [-0.15, -0.1) is 0 Å². The van der Waals surface area contributed by atoms with Gasteiger partial charge in [0.05, 0.1) is 0 Å². The molecule has 1 aliphatic heterocycles. The third kappa shape index (κ3) is 2.78. The minimum Gasteiger partial charge on any atom is -0.317 e. The Morgan fingerprint density at radius 1 is 1.19 bits per heavy atom. The fraction of sp³-hybridized carbons (Fsp3) is 0.538. The van der Waals surface area contributed by atoms with Crippen molar-refractivity contribution in [2.75, 3.05) is 20.1 Å². The van der Waals surface area contributed by atoms with Gasteiger partial charge in [-0.05, 0) is 64.0 Å². The molecule has 1 aliphatic rings. The van der Waals surface area contributed by atoms with Crippen LogP contribution in [0.3, 0.4) is 0 Å². The van der Waals surface area contributed by atoms with Crippen molar-refractivity contribution < 1.29 is 0 Å². The minimum absolute atomic E-state index is 0.325. The SMILES string of the molecule is CN(Sc1ccccc1)C1(C)CCNCC1. The number of nitrogens with zero attached hydrogens (tertiary/aromatic N) is 1. The van der Waals surface area contributed by atoms with Crippen LogP contribution < -0.4 is 5.32 Å². The van der Waals surface area contributed by atoms with E-state index in [0.717, 1.165) is 13.1 Å². The van der Waals surface area contributed by atoms with Gasteiger partial charge in [0.1, 0.15) is 0 Å². The van der Waals surface area contributed by atoms with Crippen LogP contribution in [0.1, 0.15) is 19.8 Å². The highest BCUT2D eigenvalue weighted by Gasteiger charge is 2.31. The molecule has 0 amide bonds. The van der Waals surface area contributed by atoms with Crippen molar-refractivity contribution >= 4 is 11.9 Å². The molecular weight excluding hydrogens is 216 g/mol. The maximum atomic E-state index is 3.42. The van der Waals surface area contributed by atoms with Gasteiger partial charge in [0.2, 0.25) is 0 Å². The molecule has 0 atom stereocenters. The molecule has 2 rings (SSSR count). The van der Waals surface area contributed by atoms with Crippen molar-refractivity contribution in [2.45, 2.75) is 30.2 Å². The number of hydrogen-bond acceptors (Lipinski definition) is 3. The Morgan fingerprint density at radius 3 is 2.44 bits per heavy atom. The van der Waals surface area contributed by atoms with Crippen LogP contribution in [0.5, 0.6) is 0 Å². The maximum absolute atomic E-state index is 3.42. The Kier molecular flexibility index (Phi) is 3.90. The fourth-order valence-corrected chi connectivity index (χ4v) is 3.03. The fourth-order valence-electron chi connectivity index (χ4n) is 2.03. The Labute approximate surface area is 103 Å². The second kappa shape index (κ2) is 5.21. The third-order valence-electron chi connectivity index (χ3n) is 3.43. The first-order valence-electron chi connectivity index (χ1n) is 5.88. The van der Waals surface area contributed by atoms with E-state index < -0.39 is 0 Å². The maximum Gasteiger partial charge on any atom is 0.0309 e. The number of nitrogens with one attached hydrogen (secondary N) is 1. The van der Waals surface area contributed by atoms with Gasteiger partial charge in [-0.25, -0.2) is 4.31 Å². The van der Waals surface area contributed by atoms with E-state index in [1.807, 2.05) is 11.9 Å². The summed E-state index contributed by atoms with van der Waals surface area (Å²) in [6.07, 6.45) is 2.45. The first-order chi connectivity index (χ1) is 7.71. The van der Waals surface area contributed by atoms with Crippen molar-refractivity contribution in [1.82, 2.24) is 9.62 Å². The van der Waals surface area contributed by atoms with Gasteiger partial charge in [0.15, 0.2) is 0 Å². The van der Waals surface area contributed by atoms with Crippen LogP contribution in [0, 0.1) is 0 Å². The smallest absolute Gasteiger partial charge is 0.0309 e. The normalized spacial score (nSPS) is 19.9. The van der Waals surface area contributed by atoms with Crippen LogP contribution >= 0.6 is 11.9 Å². The van der Waals surface area contributed by atoms with Crippen molar-refractivity contribution in [2.24, 2.45) is 0 Å². The van der Waals surface area contributed by atoms with Crippen LogP contribution in [0.25, 0.3) is 0 Å². The van der Waals surface area contributed by atoms with Crippen LogP contribution in [-0.2, 0) is 0 Å². The number of piperidine rings is 1. The van der Waals surface area contributed by atoms with E-state index in [1.54, 1.807) is 0 Å². The molecule has 16 heavy (non-hydrogen) atoms. The largest absolute Gasteiger partial charge is 0.317 e. The summed E-state index contributed by atoms with van der Waals surface area (Å²) in [6, 6.07) is 10.6. The zero-order chi connectivity index (χ0) is 11.4. The molecule has 0 radical (unpaired) electrons. The molecule has 0 unspecified atom stereocenters. The van der Waals surface area contributed by atoms with Crippen LogP contribution in [0.2, 0.25) is 0 Å². The molecular formula is C13H20N2S. The van der Waals surface area contributed by atoms with Crippen molar-refractivity contribution in [1.29, 1.82) is 0 Å². The van der Waals surface area contributed by atoms with Gasteiger partial charge in [-0.2, -0.15) is 0 Å². The topological polar surface area (TPSA) is 15.3 Å². The van der Waals surface area contributed by atoms with E-state index in [1.165, 1.54) is 17.7 Å². The molecule has 1 saturated heterocycles. The second-order valence-corrected chi connectivity index (χ2v) is 5.85. The van der Waals surface area contributed by atoms with Gasteiger partial charge in [-0.1, -0.05) is 18.2 Å². The summed E-state index contributed by atoms with van der Waals surface area (Å²) in [5.41, 5.74) is 0.325. The first kappa shape index (κ1) is 12.0. The zero-order valence-corrected chi connectivity index (χ0v) is 10.9. The summed E-state index contributed by atoms with van der Waals surface area (Å²) >= 11 is 1.85. The molecule has 2 nitrogen and oxygen atoms in total. The molecule has 88 valence electrons.